The molecule has 1 aliphatic heterocycles. The van der Waals surface area contributed by atoms with Crippen molar-refractivity contribution in [2.45, 2.75) is 63.8 Å². The zero-order chi connectivity index (χ0) is 12.4. The zero-order valence-electron chi connectivity index (χ0n) is 11.3. The van der Waals surface area contributed by atoms with Gasteiger partial charge < -0.3 is 5.32 Å². The molecule has 1 saturated carbocycles. The lowest BCUT2D eigenvalue weighted by molar-refractivity contribution is 0.395. The van der Waals surface area contributed by atoms with Crippen LogP contribution in [0, 0.1) is 0 Å². The first kappa shape index (κ1) is 12.1. The fraction of sp³-hybridized carbons (Fsp3) is 0.733. The largest absolute Gasteiger partial charge is 0.307 e. The van der Waals surface area contributed by atoms with Crippen LogP contribution in [0.1, 0.15) is 74.6 Å². The molecule has 3 rings (SSSR count). The summed E-state index contributed by atoms with van der Waals surface area (Å²) in [5, 5.41) is 3.57. The Hall–Kier alpha value is -0.960. The number of aryl methyl sites for hydroxylation is 1. The van der Waals surface area contributed by atoms with E-state index in [-0.39, 0.29) is 0 Å². The second kappa shape index (κ2) is 5.35. The Kier molecular flexibility index (Phi) is 3.59. The van der Waals surface area contributed by atoms with E-state index in [1.165, 1.54) is 49.9 Å². The highest BCUT2D eigenvalue weighted by Crippen LogP contribution is 2.39. The van der Waals surface area contributed by atoms with Crippen LogP contribution in [0.2, 0.25) is 0 Å². The van der Waals surface area contributed by atoms with Crippen LogP contribution >= 0.6 is 0 Å². The molecular formula is C15H23N3. The molecule has 0 aromatic carbocycles. The van der Waals surface area contributed by atoms with Crippen LogP contribution in [0.15, 0.2) is 6.07 Å². The molecule has 2 fully saturated rings. The van der Waals surface area contributed by atoms with Gasteiger partial charge in [0, 0.05) is 17.3 Å². The van der Waals surface area contributed by atoms with E-state index in [9.17, 15) is 0 Å². The van der Waals surface area contributed by atoms with E-state index in [0.717, 1.165) is 24.7 Å². The molecule has 2 aliphatic rings. The molecule has 1 atom stereocenters. The number of aromatic nitrogens is 2. The van der Waals surface area contributed by atoms with Crippen LogP contribution in [-0.4, -0.2) is 16.5 Å². The van der Waals surface area contributed by atoms with E-state index >= 15 is 0 Å². The maximum atomic E-state index is 4.83. The molecule has 1 aromatic rings. The van der Waals surface area contributed by atoms with Gasteiger partial charge in [0.1, 0.15) is 5.82 Å². The highest BCUT2D eigenvalue weighted by atomic mass is 15.0. The molecule has 3 heteroatoms. The van der Waals surface area contributed by atoms with Gasteiger partial charge >= 0.3 is 0 Å². The highest BCUT2D eigenvalue weighted by molar-refractivity contribution is 5.20. The van der Waals surface area contributed by atoms with Crippen LogP contribution in [0.3, 0.4) is 0 Å². The molecule has 0 bridgehead atoms. The van der Waals surface area contributed by atoms with E-state index < -0.39 is 0 Å². The molecule has 0 spiro atoms. The second-order valence-corrected chi connectivity index (χ2v) is 5.67. The van der Waals surface area contributed by atoms with E-state index in [0.29, 0.717) is 6.04 Å². The molecule has 3 nitrogen and oxygen atoms in total. The number of nitrogens with zero attached hydrogens (tertiary/aromatic N) is 2. The summed E-state index contributed by atoms with van der Waals surface area (Å²) in [7, 11) is 0. The minimum absolute atomic E-state index is 0.396. The van der Waals surface area contributed by atoms with Gasteiger partial charge in [-0.2, -0.15) is 0 Å². The van der Waals surface area contributed by atoms with E-state index in [4.69, 9.17) is 9.97 Å². The van der Waals surface area contributed by atoms with Gasteiger partial charge in [0.25, 0.3) is 0 Å². The minimum Gasteiger partial charge on any atom is -0.307 e. The number of rotatable bonds is 4. The molecule has 2 heterocycles. The summed E-state index contributed by atoms with van der Waals surface area (Å²) in [6.07, 6.45) is 8.68. The fourth-order valence-electron chi connectivity index (χ4n) is 2.74. The lowest BCUT2D eigenvalue weighted by Crippen LogP contribution is -2.28. The molecule has 1 aromatic heterocycles. The number of piperidine rings is 1. The smallest absolute Gasteiger partial charge is 0.145 e. The number of hydrogen-bond acceptors (Lipinski definition) is 3. The first-order valence-corrected chi connectivity index (χ1v) is 7.48. The van der Waals surface area contributed by atoms with Gasteiger partial charge in [0.2, 0.25) is 0 Å². The summed E-state index contributed by atoms with van der Waals surface area (Å²) < 4.78 is 0. The first-order valence-electron chi connectivity index (χ1n) is 7.48. The fourth-order valence-corrected chi connectivity index (χ4v) is 2.74. The van der Waals surface area contributed by atoms with Crippen molar-refractivity contribution in [2.75, 3.05) is 6.54 Å². The number of nitrogens with one attached hydrogen (secondary N) is 1. The van der Waals surface area contributed by atoms with Crippen molar-refractivity contribution in [1.82, 2.24) is 15.3 Å². The van der Waals surface area contributed by atoms with Gasteiger partial charge in [-0.25, -0.2) is 9.97 Å². The molecule has 0 amide bonds. The van der Waals surface area contributed by atoms with E-state index in [1.807, 2.05) is 0 Å². The Morgan fingerprint density at radius 3 is 2.78 bits per heavy atom. The maximum absolute atomic E-state index is 4.83. The van der Waals surface area contributed by atoms with Crippen molar-refractivity contribution < 1.29 is 0 Å². The van der Waals surface area contributed by atoms with Crippen molar-refractivity contribution in [2.24, 2.45) is 0 Å². The van der Waals surface area contributed by atoms with Crippen molar-refractivity contribution in [3.8, 4) is 0 Å². The Morgan fingerprint density at radius 1 is 1.22 bits per heavy atom. The third kappa shape index (κ3) is 2.72. The third-order valence-corrected chi connectivity index (χ3v) is 3.94. The topological polar surface area (TPSA) is 37.8 Å². The molecule has 18 heavy (non-hydrogen) atoms. The molecule has 1 saturated heterocycles. The average Bonchev–Trinajstić information content (AvgIpc) is 3.24. The van der Waals surface area contributed by atoms with Crippen molar-refractivity contribution in [3.63, 3.8) is 0 Å². The minimum atomic E-state index is 0.396. The Morgan fingerprint density at radius 2 is 2.11 bits per heavy atom. The van der Waals surface area contributed by atoms with Crippen molar-refractivity contribution in [3.05, 3.63) is 23.3 Å². The Labute approximate surface area is 109 Å². The van der Waals surface area contributed by atoms with Crippen LogP contribution in [-0.2, 0) is 6.42 Å². The third-order valence-electron chi connectivity index (χ3n) is 3.94. The zero-order valence-corrected chi connectivity index (χ0v) is 11.3. The monoisotopic (exact) mass is 245 g/mol. The lowest BCUT2D eigenvalue weighted by atomic mass is 10.0. The Balaban J connectivity index is 1.86. The first-order chi connectivity index (χ1) is 8.86. The SMILES string of the molecule is CCCc1cc(C2CC2)nc(C2CCCCN2)n1. The van der Waals surface area contributed by atoms with Gasteiger partial charge in [-0.05, 0) is 44.7 Å². The highest BCUT2D eigenvalue weighted by Gasteiger charge is 2.27. The summed E-state index contributed by atoms with van der Waals surface area (Å²) in [6.45, 7) is 3.34. The average molecular weight is 245 g/mol. The van der Waals surface area contributed by atoms with Crippen LogP contribution in [0.5, 0.6) is 0 Å². The molecule has 1 N–H and O–H groups in total. The second-order valence-electron chi connectivity index (χ2n) is 5.67. The normalized spacial score (nSPS) is 24.2. The molecule has 98 valence electrons. The standard InChI is InChI=1S/C15H23N3/c1-2-5-12-10-14(11-7-8-11)18-15(17-12)13-6-3-4-9-16-13/h10-11,13,16H,2-9H2,1H3. The van der Waals surface area contributed by atoms with Gasteiger partial charge in [-0.3, -0.25) is 0 Å². The predicted molar refractivity (Wildman–Crippen MR) is 72.6 cm³/mol. The molecular weight excluding hydrogens is 222 g/mol. The van der Waals surface area contributed by atoms with Crippen LogP contribution < -0.4 is 5.32 Å². The quantitative estimate of drug-likeness (QED) is 0.885. The van der Waals surface area contributed by atoms with Gasteiger partial charge in [-0.15, -0.1) is 0 Å². The maximum Gasteiger partial charge on any atom is 0.145 e. The van der Waals surface area contributed by atoms with Gasteiger partial charge in [-0.1, -0.05) is 19.8 Å². The molecule has 1 unspecified atom stereocenters. The Bertz CT molecular complexity index is 406. The van der Waals surface area contributed by atoms with Gasteiger partial charge in [0.15, 0.2) is 0 Å². The summed E-state index contributed by atoms with van der Waals surface area (Å²) >= 11 is 0. The van der Waals surface area contributed by atoms with Crippen LogP contribution in [0.25, 0.3) is 0 Å². The van der Waals surface area contributed by atoms with Gasteiger partial charge in [0.05, 0.1) is 6.04 Å². The number of hydrogen-bond donors (Lipinski definition) is 1. The summed E-state index contributed by atoms with van der Waals surface area (Å²) in [6, 6.07) is 2.64. The van der Waals surface area contributed by atoms with Crippen LogP contribution in [0.4, 0.5) is 0 Å². The van der Waals surface area contributed by atoms with E-state index in [2.05, 4.69) is 18.3 Å². The van der Waals surface area contributed by atoms with Crippen molar-refractivity contribution in [1.29, 1.82) is 0 Å². The summed E-state index contributed by atoms with van der Waals surface area (Å²) in [4.78, 5) is 9.61. The predicted octanol–water partition coefficient (Wildman–Crippen LogP) is 3.12. The molecule has 0 radical (unpaired) electrons. The van der Waals surface area contributed by atoms with E-state index in [1.54, 1.807) is 0 Å². The summed E-state index contributed by atoms with van der Waals surface area (Å²) in [5.41, 5.74) is 2.55. The summed E-state index contributed by atoms with van der Waals surface area (Å²) in [5.74, 6) is 1.79. The molecule has 1 aliphatic carbocycles. The van der Waals surface area contributed by atoms with Crippen molar-refractivity contribution >= 4 is 0 Å². The lowest BCUT2D eigenvalue weighted by Gasteiger charge is -2.23.